The number of carbonyl (C=O) groups is 1. The summed E-state index contributed by atoms with van der Waals surface area (Å²) < 4.78 is 32.6. The first-order valence-corrected chi connectivity index (χ1v) is 6.87. The van der Waals surface area contributed by atoms with E-state index in [1.807, 2.05) is 0 Å². The Kier molecular flexibility index (Phi) is 4.87. The standard InChI is InChI=1S/C13H14BrF2NO2/c14-9-5-10(15)12(11(16)6-9)13(18)17-7-8-1-3-19-4-2-8/h5-6,8H,1-4,7H2,(H,17,18). The summed E-state index contributed by atoms with van der Waals surface area (Å²) >= 11 is 2.97. The van der Waals surface area contributed by atoms with Gasteiger partial charge in [-0.3, -0.25) is 4.79 Å². The molecule has 0 bridgehead atoms. The van der Waals surface area contributed by atoms with Crippen LogP contribution in [0.3, 0.4) is 0 Å². The number of benzene rings is 1. The van der Waals surface area contributed by atoms with Crippen LogP contribution in [-0.4, -0.2) is 25.7 Å². The predicted molar refractivity (Wildman–Crippen MR) is 69.9 cm³/mol. The lowest BCUT2D eigenvalue weighted by molar-refractivity contribution is 0.0641. The van der Waals surface area contributed by atoms with Gasteiger partial charge >= 0.3 is 0 Å². The first-order chi connectivity index (χ1) is 9.08. The van der Waals surface area contributed by atoms with E-state index in [1.165, 1.54) is 0 Å². The van der Waals surface area contributed by atoms with Gasteiger partial charge in [0.25, 0.3) is 5.91 Å². The summed E-state index contributed by atoms with van der Waals surface area (Å²) in [6.07, 6.45) is 1.71. The third-order valence-corrected chi connectivity index (χ3v) is 3.58. The molecule has 0 aromatic heterocycles. The number of rotatable bonds is 3. The number of hydrogen-bond acceptors (Lipinski definition) is 2. The van der Waals surface area contributed by atoms with Gasteiger partial charge in [-0.1, -0.05) is 15.9 Å². The summed E-state index contributed by atoms with van der Waals surface area (Å²) in [6.45, 7) is 1.75. The van der Waals surface area contributed by atoms with Crippen molar-refractivity contribution < 1.29 is 18.3 Å². The van der Waals surface area contributed by atoms with Crippen LogP contribution in [0.15, 0.2) is 16.6 Å². The van der Waals surface area contributed by atoms with E-state index >= 15 is 0 Å². The first kappa shape index (κ1) is 14.4. The van der Waals surface area contributed by atoms with E-state index in [4.69, 9.17) is 4.74 Å². The van der Waals surface area contributed by atoms with Crippen molar-refractivity contribution in [3.63, 3.8) is 0 Å². The van der Waals surface area contributed by atoms with E-state index in [0.717, 1.165) is 25.0 Å². The van der Waals surface area contributed by atoms with Crippen molar-refractivity contribution in [1.82, 2.24) is 5.32 Å². The lowest BCUT2D eigenvalue weighted by Gasteiger charge is -2.22. The Balaban J connectivity index is 1.99. The summed E-state index contributed by atoms with van der Waals surface area (Å²) in [5.41, 5.74) is -0.532. The van der Waals surface area contributed by atoms with Gasteiger partial charge in [-0.2, -0.15) is 0 Å². The van der Waals surface area contributed by atoms with E-state index in [-0.39, 0.29) is 4.47 Å². The number of hydrogen-bond donors (Lipinski definition) is 1. The lowest BCUT2D eigenvalue weighted by Crippen LogP contribution is -2.33. The smallest absolute Gasteiger partial charge is 0.257 e. The molecule has 0 atom stereocenters. The minimum absolute atomic E-state index is 0.267. The molecule has 1 aromatic carbocycles. The molecular formula is C13H14BrF2NO2. The molecule has 19 heavy (non-hydrogen) atoms. The van der Waals surface area contributed by atoms with Crippen LogP contribution in [0.2, 0.25) is 0 Å². The second-order valence-electron chi connectivity index (χ2n) is 4.51. The topological polar surface area (TPSA) is 38.3 Å². The highest BCUT2D eigenvalue weighted by molar-refractivity contribution is 9.10. The average Bonchev–Trinajstić information content (AvgIpc) is 2.36. The van der Waals surface area contributed by atoms with Crippen LogP contribution >= 0.6 is 15.9 Å². The molecule has 2 rings (SSSR count). The number of amides is 1. The highest BCUT2D eigenvalue weighted by Gasteiger charge is 2.20. The summed E-state index contributed by atoms with van der Waals surface area (Å²) in [5, 5.41) is 2.58. The van der Waals surface area contributed by atoms with Crippen LogP contribution in [0.1, 0.15) is 23.2 Å². The van der Waals surface area contributed by atoms with Crippen LogP contribution in [0.4, 0.5) is 8.78 Å². The van der Waals surface area contributed by atoms with Crippen LogP contribution < -0.4 is 5.32 Å². The second-order valence-corrected chi connectivity index (χ2v) is 5.43. The highest BCUT2D eigenvalue weighted by atomic mass is 79.9. The lowest BCUT2D eigenvalue weighted by atomic mass is 10.0. The van der Waals surface area contributed by atoms with Gasteiger partial charge in [0.15, 0.2) is 0 Å². The summed E-state index contributed by atoms with van der Waals surface area (Å²) in [6, 6.07) is 2.15. The van der Waals surface area contributed by atoms with E-state index in [0.29, 0.717) is 25.7 Å². The van der Waals surface area contributed by atoms with Crippen LogP contribution in [0.5, 0.6) is 0 Å². The molecule has 1 fully saturated rings. The Bertz CT molecular complexity index is 453. The molecule has 1 saturated heterocycles. The third-order valence-electron chi connectivity index (χ3n) is 3.13. The van der Waals surface area contributed by atoms with Crippen LogP contribution in [-0.2, 0) is 4.74 Å². The maximum atomic E-state index is 13.6. The Morgan fingerprint density at radius 2 is 1.89 bits per heavy atom. The molecule has 1 heterocycles. The number of carbonyl (C=O) groups excluding carboxylic acids is 1. The largest absolute Gasteiger partial charge is 0.381 e. The van der Waals surface area contributed by atoms with Gasteiger partial charge in [-0.05, 0) is 30.9 Å². The van der Waals surface area contributed by atoms with Gasteiger partial charge < -0.3 is 10.1 Å². The zero-order valence-corrected chi connectivity index (χ0v) is 11.8. The first-order valence-electron chi connectivity index (χ1n) is 6.08. The van der Waals surface area contributed by atoms with Crippen LogP contribution in [0, 0.1) is 17.6 Å². The molecule has 1 amide bonds. The van der Waals surface area contributed by atoms with E-state index < -0.39 is 23.1 Å². The molecule has 0 unspecified atom stereocenters. The van der Waals surface area contributed by atoms with Crippen molar-refractivity contribution in [2.24, 2.45) is 5.92 Å². The van der Waals surface area contributed by atoms with Gasteiger partial charge in [-0.15, -0.1) is 0 Å². The normalized spacial score (nSPS) is 16.4. The van der Waals surface area contributed by atoms with Crippen LogP contribution in [0.25, 0.3) is 0 Å². The van der Waals surface area contributed by atoms with Crippen molar-refractivity contribution in [2.75, 3.05) is 19.8 Å². The SMILES string of the molecule is O=C(NCC1CCOCC1)c1c(F)cc(Br)cc1F. The van der Waals surface area contributed by atoms with Gasteiger partial charge in [0, 0.05) is 24.2 Å². The third kappa shape index (κ3) is 3.73. The van der Waals surface area contributed by atoms with Crippen molar-refractivity contribution >= 4 is 21.8 Å². The fraction of sp³-hybridized carbons (Fsp3) is 0.462. The molecule has 1 N–H and O–H groups in total. The Morgan fingerprint density at radius 1 is 1.32 bits per heavy atom. The fourth-order valence-corrected chi connectivity index (χ4v) is 2.44. The predicted octanol–water partition coefficient (Wildman–Crippen LogP) is 2.88. The second kappa shape index (κ2) is 6.43. The monoisotopic (exact) mass is 333 g/mol. The van der Waals surface area contributed by atoms with Gasteiger partial charge in [0.2, 0.25) is 0 Å². The number of halogens is 3. The Labute approximate surface area is 118 Å². The molecule has 0 radical (unpaired) electrons. The molecule has 0 aliphatic carbocycles. The molecule has 3 nitrogen and oxygen atoms in total. The Morgan fingerprint density at radius 3 is 2.47 bits per heavy atom. The van der Waals surface area contributed by atoms with Crippen molar-refractivity contribution in [3.8, 4) is 0 Å². The van der Waals surface area contributed by atoms with E-state index in [2.05, 4.69) is 21.2 Å². The van der Waals surface area contributed by atoms with Crippen molar-refractivity contribution in [2.45, 2.75) is 12.8 Å². The average molecular weight is 334 g/mol. The Hall–Kier alpha value is -1.01. The van der Waals surface area contributed by atoms with Crippen molar-refractivity contribution in [1.29, 1.82) is 0 Å². The number of ether oxygens (including phenoxy) is 1. The quantitative estimate of drug-likeness (QED) is 0.923. The van der Waals surface area contributed by atoms with E-state index in [9.17, 15) is 13.6 Å². The fourth-order valence-electron chi connectivity index (χ4n) is 2.04. The maximum absolute atomic E-state index is 13.6. The molecule has 0 saturated carbocycles. The molecule has 0 spiro atoms. The minimum atomic E-state index is -0.864. The zero-order valence-electron chi connectivity index (χ0n) is 10.2. The summed E-state index contributed by atoms with van der Waals surface area (Å²) in [4.78, 5) is 11.8. The summed E-state index contributed by atoms with van der Waals surface area (Å²) in [5.74, 6) is -2.14. The van der Waals surface area contributed by atoms with Gasteiger partial charge in [-0.25, -0.2) is 8.78 Å². The van der Waals surface area contributed by atoms with Crippen molar-refractivity contribution in [3.05, 3.63) is 33.8 Å². The molecular weight excluding hydrogens is 320 g/mol. The number of nitrogens with one attached hydrogen (secondary N) is 1. The van der Waals surface area contributed by atoms with Gasteiger partial charge in [0.1, 0.15) is 17.2 Å². The molecule has 1 aromatic rings. The zero-order chi connectivity index (χ0) is 13.8. The van der Waals surface area contributed by atoms with E-state index in [1.54, 1.807) is 0 Å². The molecule has 104 valence electrons. The molecule has 6 heteroatoms. The molecule has 1 aliphatic heterocycles. The molecule has 1 aliphatic rings. The van der Waals surface area contributed by atoms with Gasteiger partial charge in [0.05, 0.1) is 0 Å². The summed E-state index contributed by atoms with van der Waals surface area (Å²) in [7, 11) is 0. The highest BCUT2D eigenvalue weighted by Crippen LogP contribution is 2.20. The maximum Gasteiger partial charge on any atom is 0.257 e. The minimum Gasteiger partial charge on any atom is -0.381 e.